The second-order valence-corrected chi connectivity index (χ2v) is 6.72. The molecule has 0 aromatic carbocycles. The molecule has 1 amide bonds. The Morgan fingerprint density at radius 3 is 2.88 bits per heavy atom. The molecule has 26 heavy (non-hydrogen) atoms. The van der Waals surface area contributed by atoms with Crippen LogP contribution in [-0.4, -0.2) is 63.2 Å². The summed E-state index contributed by atoms with van der Waals surface area (Å²) in [6.45, 7) is 8.36. The van der Waals surface area contributed by atoms with Crippen LogP contribution >= 0.6 is 0 Å². The van der Waals surface area contributed by atoms with E-state index in [1.807, 2.05) is 14.0 Å². The minimum atomic E-state index is -0.173. The van der Waals surface area contributed by atoms with Gasteiger partial charge in [-0.2, -0.15) is 0 Å². The van der Waals surface area contributed by atoms with Gasteiger partial charge in [-0.25, -0.2) is 0 Å². The van der Waals surface area contributed by atoms with Gasteiger partial charge in [0.2, 0.25) is 0 Å². The molecule has 1 aliphatic rings. The Hall–Kier alpha value is -2.02. The third-order valence-corrected chi connectivity index (χ3v) is 4.27. The van der Waals surface area contributed by atoms with Gasteiger partial charge in [0.05, 0.1) is 12.9 Å². The van der Waals surface area contributed by atoms with Crippen LogP contribution in [0.25, 0.3) is 0 Å². The first kappa shape index (κ1) is 20.3. The number of guanidine groups is 1. The molecule has 1 aromatic rings. The van der Waals surface area contributed by atoms with Crippen molar-refractivity contribution >= 4 is 11.9 Å². The third kappa shape index (κ3) is 7.07. The van der Waals surface area contributed by atoms with Crippen molar-refractivity contribution in [2.24, 2.45) is 10.9 Å². The van der Waals surface area contributed by atoms with Gasteiger partial charge in [-0.05, 0) is 45.1 Å². The van der Waals surface area contributed by atoms with Gasteiger partial charge in [-0.15, -0.1) is 0 Å². The Bertz CT molecular complexity index is 581. The van der Waals surface area contributed by atoms with E-state index in [2.05, 4.69) is 27.4 Å². The molecule has 0 spiro atoms. The lowest BCUT2D eigenvalue weighted by molar-refractivity contribution is 0.0925. The molecule has 7 nitrogen and oxygen atoms in total. The number of nitrogens with one attached hydrogen (secondary N) is 2. The first-order valence-corrected chi connectivity index (χ1v) is 9.51. The summed E-state index contributed by atoms with van der Waals surface area (Å²) in [4.78, 5) is 18.7. The van der Waals surface area contributed by atoms with Gasteiger partial charge in [0.15, 0.2) is 11.7 Å². The Morgan fingerprint density at radius 1 is 1.42 bits per heavy atom. The number of ether oxygens (including phenoxy) is 1. The number of likely N-dealkylation sites (N-methyl/N-ethyl adjacent to an activating group) is 1. The molecule has 7 heteroatoms. The lowest BCUT2D eigenvalue weighted by Gasteiger charge is -2.22. The van der Waals surface area contributed by atoms with Gasteiger partial charge >= 0.3 is 0 Å². The Morgan fingerprint density at radius 2 is 2.23 bits per heavy atom. The third-order valence-electron chi connectivity index (χ3n) is 4.27. The smallest absolute Gasteiger partial charge is 0.287 e. The maximum atomic E-state index is 12.0. The second-order valence-electron chi connectivity index (χ2n) is 6.72. The van der Waals surface area contributed by atoms with Crippen LogP contribution in [0.4, 0.5) is 0 Å². The fraction of sp³-hybridized carbons (Fsp3) is 0.684. The molecule has 0 unspecified atom stereocenters. The van der Waals surface area contributed by atoms with Crippen molar-refractivity contribution in [2.45, 2.75) is 33.1 Å². The van der Waals surface area contributed by atoms with Crippen LogP contribution in [0.5, 0.6) is 0 Å². The molecule has 1 heterocycles. The topological polar surface area (TPSA) is 79.1 Å². The van der Waals surface area contributed by atoms with Crippen molar-refractivity contribution in [3.8, 4) is 0 Å². The monoisotopic (exact) mass is 364 g/mol. The molecule has 1 aromatic heterocycles. The van der Waals surface area contributed by atoms with E-state index in [0.29, 0.717) is 18.8 Å². The Kier molecular flexibility index (Phi) is 8.47. The zero-order valence-corrected chi connectivity index (χ0v) is 16.2. The van der Waals surface area contributed by atoms with E-state index in [0.717, 1.165) is 50.2 Å². The number of rotatable bonds is 11. The van der Waals surface area contributed by atoms with Crippen LogP contribution in [0.2, 0.25) is 0 Å². The lowest BCUT2D eigenvalue weighted by Crippen LogP contribution is -2.40. The molecule has 0 saturated heterocycles. The highest BCUT2D eigenvalue weighted by Crippen LogP contribution is 2.28. The highest BCUT2D eigenvalue weighted by molar-refractivity contribution is 5.92. The van der Waals surface area contributed by atoms with Crippen molar-refractivity contribution < 1.29 is 13.9 Å². The number of hydrogen-bond donors (Lipinski definition) is 2. The molecule has 1 fully saturated rings. The van der Waals surface area contributed by atoms with E-state index >= 15 is 0 Å². The van der Waals surface area contributed by atoms with Crippen LogP contribution < -0.4 is 10.6 Å². The van der Waals surface area contributed by atoms with Gasteiger partial charge in [-0.3, -0.25) is 9.79 Å². The van der Waals surface area contributed by atoms with Crippen LogP contribution in [-0.2, 0) is 4.74 Å². The van der Waals surface area contributed by atoms with Gasteiger partial charge in [0, 0.05) is 45.4 Å². The molecule has 0 radical (unpaired) electrons. The van der Waals surface area contributed by atoms with E-state index in [4.69, 9.17) is 9.15 Å². The summed E-state index contributed by atoms with van der Waals surface area (Å²) in [7, 11) is 2.02. The molecule has 1 saturated carbocycles. The summed E-state index contributed by atoms with van der Waals surface area (Å²) in [5.41, 5.74) is 0.848. The number of hydrogen-bond acceptors (Lipinski definition) is 4. The number of carbonyl (C=O) groups excluding carboxylic acids is 1. The molecule has 0 bridgehead atoms. The predicted octanol–water partition coefficient (Wildman–Crippen LogP) is 2.03. The number of aliphatic imine (C=N–C) groups is 1. The highest BCUT2D eigenvalue weighted by atomic mass is 16.5. The molecule has 0 aliphatic heterocycles. The average Bonchev–Trinajstić information content (AvgIpc) is 3.35. The van der Waals surface area contributed by atoms with E-state index in [9.17, 15) is 4.79 Å². The summed E-state index contributed by atoms with van der Waals surface area (Å²) in [5, 5.41) is 6.16. The highest BCUT2D eigenvalue weighted by Gasteiger charge is 2.21. The van der Waals surface area contributed by atoms with Gasteiger partial charge in [0.1, 0.15) is 0 Å². The molecular weight excluding hydrogens is 332 g/mol. The molecule has 146 valence electrons. The first-order chi connectivity index (χ1) is 12.6. The summed E-state index contributed by atoms with van der Waals surface area (Å²) < 4.78 is 10.9. The fourth-order valence-electron chi connectivity index (χ4n) is 2.46. The van der Waals surface area contributed by atoms with Gasteiger partial charge < -0.3 is 24.7 Å². The van der Waals surface area contributed by atoms with Crippen molar-refractivity contribution in [3.05, 3.63) is 23.7 Å². The lowest BCUT2D eigenvalue weighted by atomic mass is 10.2. The van der Waals surface area contributed by atoms with Crippen LogP contribution in [0.3, 0.4) is 0 Å². The minimum absolute atomic E-state index is 0.173. The van der Waals surface area contributed by atoms with Gasteiger partial charge in [0.25, 0.3) is 5.91 Å². The molecule has 2 rings (SSSR count). The quantitative estimate of drug-likeness (QED) is 0.357. The Labute approximate surface area is 156 Å². The molecular formula is C19H32N4O3. The number of aryl methyl sites for hydroxylation is 1. The minimum Gasteiger partial charge on any atom is -0.459 e. The molecule has 2 N–H and O–H groups in total. The van der Waals surface area contributed by atoms with E-state index in [1.54, 1.807) is 6.07 Å². The van der Waals surface area contributed by atoms with Crippen LogP contribution in [0, 0.1) is 12.8 Å². The van der Waals surface area contributed by atoms with Crippen molar-refractivity contribution in [1.29, 1.82) is 0 Å². The SMILES string of the molecule is CCNC(=NCCCNC(=O)c1occc1C)N(C)CCOCC1CC1. The molecule has 0 atom stereocenters. The van der Waals surface area contributed by atoms with Crippen LogP contribution in [0.15, 0.2) is 21.7 Å². The standard InChI is InChI=1S/C19H32N4O3/c1-4-20-19(23(3)11-13-25-14-16-6-7-16)22-10-5-9-21-18(24)17-15(2)8-12-26-17/h8,12,16H,4-7,9-11,13-14H2,1-3H3,(H,20,22)(H,21,24). The van der Waals surface area contributed by atoms with E-state index < -0.39 is 0 Å². The van der Waals surface area contributed by atoms with Crippen LogP contribution in [0.1, 0.15) is 42.3 Å². The Balaban J connectivity index is 1.64. The number of nitrogens with zero attached hydrogens (tertiary/aromatic N) is 2. The number of furan rings is 1. The second kappa shape index (κ2) is 10.9. The predicted molar refractivity (Wildman–Crippen MR) is 103 cm³/mol. The van der Waals surface area contributed by atoms with Crippen molar-refractivity contribution in [1.82, 2.24) is 15.5 Å². The average molecular weight is 364 g/mol. The first-order valence-electron chi connectivity index (χ1n) is 9.51. The normalized spacial score (nSPS) is 14.3. The zero-order valence-electron chi connectivity index (χ0n) is 16.2. The summed E-state index contributed by atoms with van der Waals surface area (Å²) in [5.74, 6) is 1.87. The van der Waals surface area contributed by atoms with Crippen molar-refractivity contribution in [3.63, 3.8) is 0 Å². The summed E-state index contributed by atoms with van der Waals surface area (Å²) in [6.07, 6.45) is 4.93. The maximum absolute atomic E-state index is 12.0. The fourth-order valence-corrected chi connectivity index (χ4v) is 2.46. The zero-order chi connectivity index (χ0) is 18.8. The number of amides is 1. The maximum Gasteiger partial charge on any atom is 0.287 e. The summed E-state index contributed by atoms with van der Waals surface area (Å²) in [6, 6.07) is 1.78. The van der Waals surface area contributed by atoms with E-state index in [1.165, 1.54) is 19.1 Å². The number of carbonyl (C=O) groups is 1. The summed E-state index contributed by atoms with van der Waals surface area (Å²) >= 11 is 0. The van der Waals surface area contributed by atoms with Gasteiger partial charge in [-0.1, -0.05) is 0 Å². The largest absolute Gasteiger partial charge is 0.459 e. The molecule has 1 aliphatic carbocycles. The van der Waals surface area contributed by atoms with Crippen molar-refractivity contribution in [2.75, 3.05) is 46.4 Å². The van der Waals surface area contributed by atoms with E-state index in [-0.39, 0.29) is 5.91 Å².